The monoisotopic (exact) mass is 202 g/mol. The van der Waals surface area contributed by atoms with Crippen molar-refractivity contribution in [2.75, 3.05) is 6.54 Å². The summed E-state index contributed by atoms with van der Waals surface area (Å²) in [5, 5.41) is 3.40. The Bertz CT molecular complexity index is 343. The van der Waals surface area contributed by atoms with E-state index in [0.717, 1.165) is 18.8 Å². The van der Waals surface area contributed by atoms with Gasteiger partial charge >= 0.3 is 0 Å². The van der Waals surface area contributed by atoms with Crippen LogP contribution in [0.2, 0.25) is 0 Å². The summed E-state index contributed by atoms with van der Waals surface area (Å²) in [4.78, 5) is 4.46. The Morgan fingerprint density at radius 2 is 2.07 bits per heavy atom. The van der Waals surface area contributed by atoms with Crippen molar-refractivity contribution in [2.24, 2.45) is 10.9 Å². The number of nitrogens with zero attached hydrogens (tertiary/aromatic N) is 1. The number of hydrogen-bond donors (Lipinski definition) is 1. The first-order valence-electron chi connectivity index (χ1n) is 5.57. The first kappa shape index (κ1) is 10.2. The van der Waals surface area contributed by atoms with Gasteiger partial charge in [-0.05, 0) is 25.8 Å². The molecule has 0 aliphatic carbocycles. The molecule has 0 saturated heterocycles. The van der Waals surface area contributed by atoms with Crippen molar-refractivity contribution in [3.05, 3.63) is 35.9 Å². The normalized spacial score (nSPS) is 25.6. The summed E-state index contributed by atoms with van der Waals surface area (Å²) in [5.41, 5.74) is 1.41. The van der Waals surface area contributed by atoms with Crippen molar-refractivity contribution < 1.29 is 0 Å². The summed E-state index contributed by atoms with van der Waals surface area (Å²) in [5.74, 6) is 1.70. The van der Waals surface area contributed by atoms with Crippen molar-refractivity contribution in [1.29, 1.82) is 0 Å². The van der Waals surface area contributed by atoms with Gasteiger partial charge in [0, 0.05) is 18.5 Å². The summed E-state index contributed by atoms with van der Waals surface area (Å²) in [6, 6.07) is 11.2. The second kappa shape index (κ2) is 4.47. The van der Waals surface area contributed by atoms with Crippen LogP contribution in [0, 0.1) is 5.92 Å². The van der Waals surface area contributed by atoms with Crippen molar-refractivity contribution in [1.82, 2.24) is 5.32 Å². The highest BCUT2D eigenvalue weighted by atomic mass is 15.0. The third-order valence-electron chi connectivity index (χ3n) is 3.05. The van der Waals surface area contributed by atoms with Crippen LogP contribution in [0.5, 0.6) is 0 Å². The lowest BCUT2D eigenvalue weighted by molar-refractivity contribution is 0.403. The number of aliphatic imine (C=N–C) groups is 1. The van der Waals surface area contributed by atoms with Gasteiger partial charge < -0.3 is 5.32 Å². The average Bonchev–Trinajstić information content (AvgIpc) is 2.24. The van der Waals surface area contributed by atoms with Gasteiger partial charge in [-0.25, -0.2) is 0 Å². The SMILES string of the molecule is CC1=NCC(Cc2ccccc2)C(C)N1. The number of nitrogens with one attached hydrogen (secondary N) is 1. The van der Waals surface area contributed by atoms with E-state index >= 15 is 0 Å². The largest absolute Gasteiger partial charge is 0.371 e. The van der Waals surface area contributed by atoms with Crippen LogP contribution in [0.1, 0.15) is 19.4 Å². The zero-order valence-corrected chi connectivity index (χ0v) is 9.40. The van der Waals surface area contributed by atoms with Gasteiger partial charge in [0.05, 0.1) is 5.84 Å². The highest BCUT2D eigenvalue weighted by Gasteiger charge is 2.20. The Balaban J connectivity index is 2.01. The third kappa shape index (κ3) is 2.58. The summed E-state index contributed by atoms with van der Waals surface area (Å²) in [6.07, 6.45) is 1.12. The maximum Gasteiger partial charge on any atom is 0.0933 e. The van der Waals surface area contributed by atoms with E-state index in [1.54, 1.807) is 0 Å². The molecule has 0 saturated carbocycles. The van der Waals surface area contributed by atoms with Gasteiger partial charge in [-0.15, -0.1) is 0 Å². The maximum absolute atomic E-state index is 4.46. The van der Waals surface area contributed by atoms with Crippen LogP contribution < -0.4 is 5.32 Å². The molecule has 1 heterocycles. The van der Waals surface area contributed by atoms with Crippen molar-refractivity contribution in [3.63, 3.8) is 0 Å². The zero-order chi connectivity index (χ0) is 10.7. The summed E-state index contributed by atoms with van der Waals surface area (Å²) in [6.45, 7) is 5.23. The topological polar surface area (TPSA) is 24.4 Å². The van der Waals surface area contributed by atoms with E-state index < -0.39 is 0 Å². The first-order valence-corrected chi connectivity index (χ1v) is 5.57. The van der Waals surface area contributed by atoms with Gasteiger partial charge in [0.2, 0.25) is 0 Å². The Morgan fingerprint density at radius 3 is 2.73 bits per heavy atom. The molecule has 2 rings (SSSR count). The molecule has 1 aromatic carbocycles. The molecule has 2 atom stereocenters. The fraction of sp³-hybridized carbons (Fsp3) is 0.462. The van der Waals surface area contributed by atoms with Gasteiger partial charge in [-0.1, -0.05) is 30.3 Å². The van der Waals surface area contributed by atoms with E-state index in [9.17, 15) is 0 Å². The first-order chi connectivity index (χ1) is 7.25. The van der Waals surface area contributed by atoms with Gasteiger partial charge in [0.15, 0.2) is 0 Å². The molecule has 1 aliphatic rings. The molecule has 0 fully saturated rings. The van der Waals surface area contributed by atoms with Gasteiger partial charge in [0.1, 0.15) is 0 Å². The van der Waals surface area contributed by atoms with E-state index in [4.69, 9.17) is 0 Å². The van der Waals surface area contributed by atoms with E-state index in [1.165, 1.54) is 5.56 Å². The average molecular weight is 202 g/mol. The molecule has 0 radical (unpaired) electrons. The highest BCUT2D eigenvalue weighted by Crippen LogP contribution is 2.15. The predicted octanol–water partition coefficient (Wildman–Crippen LogP) is 2.26. The van der Waals surface area contributed by atoms with Crippen LogP contribution >= 0.6 is 0 Å². The lowest BCUT2D eigenvalue weighted by Crippen LogP contribution is -2.43. The predicted molar refractivity (Wildman–Crippen MR) is 64.2 cm³/mol. The Hall–Kier alpha value is -1.31. The van der Waals surface area contributed by atoms with E-state index in [0.29, 0.717) is 12.0 Å². The third-order valence-corrected chi connectivity index (χ3v) is 3.05. The van der Waals surface area contributed by atoms with Crippen LogP contribution in [0.25, 0.3) is 0 Å². The molecule has 1 aliphatic heterocycles. The molecule has 80 valence electrons. The molecule has 15 heavy (non-hydrogen) atoms. The zero-order valence-electron chi connectivity index (χ0n) is 9.40. The molecule has 0 aromatic heterocycles. The maximum atomic E-state index is 4.46. The number of hydrogen-bond acceptors (Lipinski definition) is 2. The Kier molecular flexibility index (Phi) is 3.05. The molecule has 2 heteroatoms. The van der Waals surface area contributed by atoms with Crippen LogP contribution in [-0.2, 0) is 6.42 Å². The molecule has 1 N–H and O–H groups in total. The summed E-state index contributed by atoms with van der Waals surface area (Å²) >= 11 is 0. The Morgan fingerprint density at radius 1 is 1.33 bits per heavy atom. The van der Waals surface area contributed by atoms with Gasteiger partial charge in [0.25, 0.3) is 0 Å². The minimum absolute atomic E-state index is 0.530. The smallest absolute Gasteiger partial charge is 0.0933 e. The quantitative estimate of drug-likeness (QED) is 0.781. The van der Waals surface area contributed by atoms with E-state index in [1.807, 2.05) is 6.92 Å². The molecular formula is C13H18N2. The fourth-order valence-electron chi connectivity index (χ4n) is 2.06. The minimum atomic E-state index is 0.530. The van der Waals surface area contributed by atoms with Crippen LogP contribution in [-0.4, -0.2) is 18.4 Å². The van der Waals surface area contributed by atoms with Gasteiger partial charge in [-0.2, -0.15) is 0 Å². The number of rotatable bonds is 2. The Labute approximate surface area is 91.4 Å². The minimum Gasteiger partial charge on any atom is -0.371 e. The summed E-state index contributed by atoms with van der Waals surface area (Å²) in [7, 11) is 0. The second-order valence-electron chi connectivity index (χ2n) is 4.31. The van der Waals surface area contributed by atoms with Crippen LogP contribution in [0.3, 0.4) is 0 Å². The molecule has 1 aromatic rings. The second-order valence-corrected chi connectivity index (χ2v) is 4.31. The van der Waals surface area contributed by atoms with E-state index in [2.05, 4.69) is 47.6 Å². The standard InChI is InChI=1S/C13H18N2/c1-10-13(9-14-11(2)15-10)8-12-6-4-3-5-7-12/h3-7,10,13H,8-9H2,1-2H3,(H,14,15). The summed E-state index contributed by atoms with van der Waals surface area (Å²) < 4.78 is 0. The van der Waals surface area contributed by atoms with Crippen LogP contribution in [0.4, 0.5) is 0 Å². The molecule has 2 unspecified atom stereocenters. The van der Waals surface area contributed by atoms with Gasteiger partial charge in [-0.3, -0.25) is 4.99 Å². The number of amidine groups is 1. The van der Waals surface area contributed by atoms with E-state index in [-0.39, 0.29) is 0 Å². The van der Waals surface area contributed by atoms with Crippen molar-refractivity contribution in [2.45, 2.75) is 26.3 Å². The molecule has 0 amide bonds. The lowest BCUT2D eigenvalue weighted by atomic mass is 9.92. The van der Waals surface area contributed by atoms with Crippen molar-refractivity contribution >= 4 is 5.84 Å². The van der Waals surface area contributed by atoms with Crippen molar-refractivity contribution in [3.8, 4) is 0 Å². The molecule has 0 bridgehead atoms. The lowest BCUT2D eigenvalue weighted by Gasteiger charge is -2.28. The fourth-order valence-corrected chi connectivity index (χ4v) is 2.06. The highest BCUT2D eigenvalue weighted by molar-refractivity contribution is 5.80. The molecular weight excluding hydrogens is 184 g/mol. The molecule has 0 spiro atoms. The van der Waals surface area contributed by atoms with Crippen LogP contribution in [0.15, 0.2) is 35.3 Å². The molecule has 2 nitrogen and oxygen atoms in total. The number of benzene rings is 1.